The second kappa shape index (κ2) is 5.32. The zero-order valence-corrected chi connectivity index (χ0v) is 8.82. The fourth-order valence-corrected chi connectivity index (χ4v) is 1.13. The molecular formula is C11H9ClO3. The summed E-state index contributed by atoms with van der Waals surface area (Å²) >= 11 is 5.30. The lowest BCUT2D eigenvalue weighted by Crippen LogP contribution is -2.02. The van der Waals surface area contributed by atoms with E-state index in [2.05, 4.69) is 4.74 Å². The molecule has 0 saturated carbocycles. The molecule has 0 amide bonds. The van der Waals surface area contributed by atoms with Gasteiger partial charge in [-0.05, 0) is 23.8 Å². The summed E-state index contributed by atoms with van der Waals surface area (Å²) in [5.41, 5.74) is 0.777. The summed E-state index contributed by atoms with van der Waals surface area (Å²) in [6.45, 7) is 0. The molecule has 0 heterocycles. The minimum Gasteiger partial charge on any atom is -0.465 e. The Kier molecular flexibility index (Phi) is 4.06. The highest BCUT2D eigenvalue weighted by Crippen LogP contribution is 2.09. The van der Waals surface area contributed by atoms with Crippen LogP contribution in [0.4, 0.5) is 0 Å². The maximum atomic E-state index is 11.2. The van der Waals surface area contributed by atoms with Gasteiger partial charge in [0.05, 0.1) is 12.7 Å². The van der Waals surface area contributed by atoms with Gasteiger partial charge < -0.3 is 4.74 Å². The molecule has 0 bridgehead atoms. The maximum absolute atomic E-state index is 11.2. The average molecular weight is 225 g/mol. The van der Waals surface area contributed by atoms with Gasteiger partial charge >= 0.3 is 5.97 Å². The van der Waals surface area contributed by atoms with Gasteiger partial charge in [0.1, 0.15) is 0 Å². The highest BCUT2D eigenvalue weighted by atomic mass is 35.5. The third-order valence-corrected chi connectivity index (χ3v) is 1.97. The monoisotopic (exact) mass is 224 g/mol. The fourth-order valence-electron chi connectivity index (χ4n) is 1.01. The molecule has 0 aromatic rings. The van der Waals surface area contributed by atoms with E-state index in [0.717, 1.165) is 0 Å². The van der Waals surface area contributed by atoms with Crippen LogP contribution in [-0.2, 0) is 14.3 Å². The van der Waals surface area contributed by atoms with Gasteiger partial charge in [0.15, 0.2) is 0 Å². The van der Waals surface area contributed by atoms with Gasteiger partial charge in [-0.1, -0.05) is 24.3 Å². The molecule has 0 N–H and O–H groups in total. The van der Waals surface area contributed by atoms with Crippen LogP contribution >= 0.6 is 11.6 Å². The minimum absolute atomic E-state index is 0.369. The predicted octanol–water partition coefficient (Wildman–Crippen LogP) is 1.90. The van der Waals surface area contributed by atoms with Crippen molar-refractivity contribution in [3.63, 3.8) is 0 Å². The van der Waals surface area contributed by atoms with E-state index in [1.54, 1.807) is 24.3 Å². The van der Waals surface area contributed by atoms with E-state index in [9.17, 15) is 9.59 Å². The maximum Gasteiger partial charge on any atom is 0.337 e. The molecule has 0 atom stereocenters. The van der Waals surface area contributed by atoms with Crippen LogP contribution in [-0.4, -0.2) is 18.3 Å². The normalized spacial score (nSPS) is 20.4. The van der Waals surface area contributed by atoms with E-state index in [0.29, 0.717) is 11.1 Å². The first kappa shape index (κ1) is 11.5. The van der Waals surface area contributed by atoms with Gasteiger partial charge in [0, 0.05) is 5.57 Å². The van der Waals surface area contributed by atoms with Gasteiger partial charge in [-0.3, -0.25) is 4.79 Å². The molecule has 1 aliphatic carbocycles. The second-order valence-electron chi connectivity index (χ2n) is 2.73. The molecule has 0 unspecified atom stereocenters. The fraction of sp³-hybridized carbons (Fsp3) is 0.0909. The molecule has 15 heavy (non-hydrogen) atoms. The van der Waals surface area contributed by atoms with Gasteiger partial charge in [-0.15, -0.1) is 0 Å². The second-order valence-corrected chi connectivity index (χ2v) is 3.07. The predicted molar refractivity (Wildman–Crippen MR) is 57.3 cm³/mol. The van der Waals surface area contributed by atoms with Gasteiger partial charge in [-0.2, -0.15) is 0 Å². The Hall–Kier alpha value is -1.61. The molecule has 0 fully saturated rings. The molecule has 0 saturated heterocycles. The van der Waals surface area contributed by atoms with Crippen LogP contribution in [0.2, 0.25) is 0 Å². The number of methoxy groups -OCH3 is 1. The quantitative estimate of drug-likeness (QED) is 0.532. The highest BCUT2D eigenvalue weighted by Gasteiger charge is 2.06. The smallest absolute Gasteiger partial charge is 0.337 e. The Balaban J connectivity index is 2.91. The van der Waals surface area contributed by atoms with Gasteiger partial charge in [0.25, 0.3) is 5.24 Å². The van der Waals surface area contributed by atoms with Crippen molar-refractivity contribution in [2.45, 2.75) is 0 Å². The third kappa shape index (κ3) is 3.22. The standard InChI is InChI=1S/C11H9ClO3/c1-15-11(14)9-6-2-4-8(10(12)13)5-3-7-9/h2-7H,1H3/b4-2-,5-3?,6-2?,7-3?,8-4?,8-5+,9-6?,9-7?. The van der Waals surface area contributed by atoms with Crippen molar-refractivity contribution in [1.29, 1.82) is 0 Å². The lowest BCUT2D eigenvalue weighted by atomic mass is 10.1. The first-order valence-corrected chi connectivity index (χ1v) is 4.58. The number of esters is 1. The SMILES string of the molecule is COC(=O)C1=C/C=C\C(C(=O)Cl)=C/C=C1. The summed E-state index contributed by atoms with van der Waals surface area (Å²) in [5.74, 6) is -0.426. The summed E-state index contributed by atoms with van der Waals surface area (Å²) < 4.78 is 4.55. The molecule has 3 nitrogen and oxygen atoms in total. The summed E-state index contributed by atoms with van der Waals surface area (Å²) in [7, 11) is 1.31. The van der Waals surface area contributed by atoms with E-state index >= 15 is 0 Å². The molecule has 4 heteroatoms. The first-order chi connectivity index (χ1) is 7.15. The summed E-state index contributed by atoms with van der Waals surface area (Å²) in [6, 6.07) is 0. The van der Waals surface area contributed by atoms with Crippen molar-refractivity contribution < 1.29 is 14.3 Å². The Morgan fingerprint density at radius 3 is 2.20 bits per heavy atom. The van der Waals surface area contributed by atoms with E-state index in [4.69, 9.17) is 11.6 Å². The van der Waals surface area contributed by atoms with E-state index < -0.39 is 11.2 Å². The number of hydrogen-bond acceptors (Lipinski definition) is 3. The van der Waals surface area contributed by atoms with Gasteiger partial charge in [0.2, 0.25) is 0 Å². The van der Waals surface area contributed by atoms with Crippen LogP contribution in [0.3, 0.4) is 0 Å². The minimum atomic E-state index is -0.536. The number of allylic oxidation sites excluding steroid dienone is 6. The van der Waals surface area contributed by atoms with Crippen LogP contribution < -0.4 is 0 Å². The van der Waals surface area contributed by atoms with E-state index in [1.807, 2.05) is 0 Å². The molecule has 1 rings (SSSR count). The number of hydrogen-bond donors (Lipinski definition) is 0. The molecule has 1 aliphatic rings. The van der Waals surface area contributed by atoms with E-state index in [-0.39, 0.29) is 0 Å². The Bertz CT molecular complexity index is 400. The molecule has 0 radical (unpaired) electrons. The summed E-state index contributed by atoms with van der Waals surface area (Å²) in [5, 5.41) is -0.536. The van der Waals surface area contributed by atoms with Crippen molar-refractivity contribution in [2.75, 3.05) is 7.11 Å². The van der Waals surface area contributed by atoms with Crippen LogP contribution in [0.1, 0.15) is 0 Å². The average Bonchev–Trinajstić information content (AvgIpc) is 2.16. The molecule has 0 aromatic heterocycles. The number of halogens is 1. The topological polar surface area (TPSA) is 43.4 Å². The number of rotatable bonds is 2. The van der Waals surface area contributed by atoms with Gasteiger partial charge in [-0.25, -0.2) is 4.79 Å². The van der Waals surface area contributed by atoms with Crippen LogP contribution in [0.25, 0.3) is 0 Å². The Morgan fingerprint density at radius 2 is 1.67 bits per heavy atom. The zero-order chi connectivity index (χ0) is 11.3. The molecule has 0 spiro atoms. The highest BCUT2D eigenvalue weighted by molar-refractivity contribution is 6.68. The lowest BCUT2D eigenvalue weighted by molar-refractivity contribution is -0.135. The molecule has 0 aliphatic heterocycles. The van der Waals surface area contributed by atoms with Crippen LogP contribution in [0.5, 0.6) is 0 Å². The van der Waals surface area contributed by atoms with Crippen molar-refractivity contribution in [1.82, 2.24) is 0 Å². The summed E-state index contributed by atoms with van der Waals surface area (Å²) in [6.07, 6.45) is 9.30. The number of carbonyl (C=O) groups excluding carboxylic acids is 2. The zero-order valence-electron chi connectivity index (χ0n) is 8.07. The number of carbonyl (C=O) groups is 2. The molecular weight excluding hydrogens is 216 g/mol. The van der Waals surface area contributed by atoms with Crippen molar-refractivity contribution >= 4 is 22.8 Å². The van der Waals surface area contributed by atoms with Crippen molar-refractivity contribution in [2.24, 2.45) is 0 Å². The van der Waals surface area contributed by atoms with Crippen molar-refractivity contribution in [3.8, 4) is 0 Å². The van der Waals surface area contributed by atoms with Crippen LogP contribution in [0, 0.1) is 0 Å². The largest absolute Gasteiger partial charge is 0.465 e. The Morgan fingerprint density at radius 1 is 1.13 bits per heavy atom. The van der Waals surface area contributed by atoms with Crippen molar-refractivity contribution in [3.05, 3.63) is 47.6 Å². The molecule has 78 valence electrons. The lowest BCUT2D eigenvalue weighted by Gasteiger charge is -2.00. The molecule has 0 aromatic carbocycles. The Labute approximate surface area is 92.4 Å². The first-order valence-electron chi connectivity index (χ1n) is 4.20. The summed E-state index contributed by atoms with van der Waals surface area (Å²) in [4.78, 5) is 22.0. The number of ether oxygens (including phenoxy) is 1. The van der Waals surface area contributed by atoms with Crippen LogP contribution in [0.15, 0.2) is 47.6 Å². The van der Waals surface area contributed by atoms with E-state index in [1.165, 1.54) is 19.3 Å². The third-order valence-electron chi connectivity index (χ3n) is 1.75.